The predicted molar refractivity (Wildman–Crippen MR) is 93.6 cm³/mol. The molecule has 1 fully saturated rings. The third kappa shape index (κ3) is 3.50. The average molecular weight is 352 g/mol. The Kier molecular flexibility index (Phi) is 4.49. The summed E-state index contributed by atoms with van der Waals surface area (Å²) in [5.41, 5.74) is 1.17. The molecule has 3 heterocycles. The molecule has 0 bridgehead atoms. The molecule has 2 N–H and O–H groups in total. The lowest BCUT2D eigenvalue weighted by Gasteiger charge is -2.16. The SMILES string of the molecule is O=C(N[C@@H]1CC(Cn2ccnc2)C[C@H]1O)c1ccc(-n2ccnc2)cn1. The average Bonchev–Trinajstić information content (AvgIpc) is 3.39. The van der Waals surface area contributed by atoms with Crippen LogP contribution >= 0.6 is 0 Å². The van der Waals surface area contributed by atoms with Gasteiger partial charge in [0.25, 0.3) is 5.91 Å². The number of rotatable bonds is 5. The number of amides is 1. The second-order valence-electron chi connectivity index (χ2n) is 6.62. The summed E-state index contributed by atoms with van der Waals surface area (Å²) in [5, 5.41) is 13.2. The summed E-state index contributed by atoms with van der Waals surface area (Å²) < 4.78 is 3.81. The third-order valence-corrected chi connectivity index (χ3v) is 4.75. The van der Waals surface area contributed by atoms with Gasteiger partial charge in [0.15, 0.2) is 0 Å². The molecule has 1 amide bonds. The summed E-state index contributed by atoms with van der Waals surface area (Å²) in [6, 6.07) is 3.23. The molecule has 0 spiro atoms. The van der Waals surface area contributed by atoms with Crippen LogP contribution in [-0.4, -0.2) is 47.2 Å². The van der Waals surface area contributed by atoms with Gasteiger partial charge in [-0.3, -0.25) is 4.79 Å². The van der Waals surface area contributed by atoms with E-state index in [0.29, 0.717) is 18.0 Å². The number of nitrogens with zero attached hydrogens (tertiary/aromatic N) is 5. The Labute approximate surface area is 150 Å². The maximum absolute atomic E-state index is 12.4. The smallest absolute Gasteiger partial charge is 0.270 e. The second kappa shape index (κ2) is 7.09. The van der Waals surface area contributed by atoms with Gasteiger partial charge in [0, 0.05) is 31.3 Å². The monoisotopic (exact) mass is 352 g/mol. The van der Waals surface area contributed by atoms with Crippen LogP contribution in [0.2, 0.25) is 0 Å². The number of aliphatic hydroxyl groups excluding tert-OH is 1. The quantitative estimate of drug-likeness (QED) is 0.715. The van der Waals surface area contributed by atoms with Crippen LogP contribution in [0, 0.1) is 5.92 Å². The van der Waals surface area contributed by atoms with Gasteiger partial charge in [0.1, 0.15) is 5.69 Å². The van der Waals surface area contributed by atoms with E-state index in [1.54, 1.807) is 37.3 Å². The summed E-state index contributed by atoms with van der Waals surface area (Å²) in [4.78, 5) is 24.7. The van der Waals surface area contributed by atoms with Gasteiger partial charge in [-0.05, 0) is 30.9 Å². The number of imidazole rings is 2. The normalized spacial score (nSPS) is 22.4. The maximum atomic E-state index is 12.4. The summed E-state index contributed by atoms with van der Waals surface area (Å²) in [5.74, 6) is 0.0376. The van der Waals surface area contributed by atoms with Gasteiger partial charge in [0.05, 0.1) is 36.7 Å². The van der Waals surface area contributed by atoms with Crippen molar-refractivity contribution in [2.75, 3.05) is 0 Å². The summed E-state index contributed by atoms with van der Waals surface area (Å²) in [6.45, 7) is 0.793. The van der Waals surface area contributed by atoms with Crippen molar-refractivity contribution in [3.8, 4) is 5.69 Å². The topological polar surface area (TPSA) is 97.9 Å². The number of hydrogen-bond donors (Lipinski definition) is 2. The van der Waals surface area contributed by atoms with Crippen LogP contribution in [0.25, 0.3) is 5.69 Å². The van der Waals surface area contributed by atoms with E-state index in [9.17, 15) is 9.90 Å². The first-order chi connectivity index (χ1) is 12.7. The third-order valence-electron chi connectivity index (χ3n) is 4.75. The predicted octanol–water partition coefficient (Wildman–Crippen LogP) is 1.03. The van der Waals surface area contributed by atoms with Crippen LogP contribution < -0.4 is 5.32 Å². The molecule has 26 heavy (non-hydrogen) atoms. The molecule has 0 aliphatic heterocycles. The van der Waals surface area contributed by atoms with E-state index in [0.717, 1.165) is 18.7 Å². The Bertz CT molecular complexity index is 844. The summed E-state index contributed by atoms with van der Waals surface area (Å²) >= 11 is 0. The van der Waals surface area contributed by atoms with Crippen molar-refractivity contribution in [2.45, 2.75) is 31.5 Å². The minimum atomic E-state index is -0.544. The first-order valence-electron chi connectivity index (χ1n) is 8.58. The van der Waals surface area contributed by atoms with Crippen molar-refractivity contribution < 1.29 is 9.90 Å². The Balaban J connectivity index is 1.37. The molecule has 8 heteroatoms. The molecule has 1 aliphatic rings. The molecule has 3 aromatic rings. The van der Waals surface area contributed by atoms with Crippen LogP contribution in [0.5, 0.6) is 0 Å². The van der Waals surface area contributed by atoms with E-state index >= 15 is 0 Å². The number of aromatic nitrogens is 5. The Morgan fingerprint density at radius 3 is 2.73 bits per heavy atom. The van der Waals surface area contributed by atoms with Crippen LogP contribution in [-0.2, 0) is 6.54 Å². The van der Waals surface area contributed by atoms with Gasteiger partial charge in [-0.15, -0.1) is 0 Å². The summed E-state index contributed by atoms with van der Waals surface area (Å²) in [7, 11) is 0. The fraction of sp³-hybridized carbons (Fsp3) is 0.333. The van der Waals surface area contributed by atoms with Crippen molar-refractivity contribution in [3.63, 3.8) is 0 Å². The molecule has 1 aliphatic carbocycles. The fourth-order valence-electron chi connectivity index (χ4n) is 3.44. The highest BCUT2D eigenvalue weighted by atomic mass is 16.3. The summed E-state index contributed by atoms with van der Waals surface area (Å²) in [6.07, 6.45) is 13.1. The maximum Gasteiger partial charge on any atom is 0.270 e. The fourth-order valence-corrected chi connectivity index (χ4v) is 3.44. The number of nitrogens with one attached hydrogen (secondary N) is 1. The molecule has 8 nitrogen and oxygen atoms in total. The van der Waals surface area contributed by atoms with Gasteiger partial charge in [-0.2, -0.15) is 0 Å². The van der Waals surface area contributed by atoms with E-state index in [1.807, 2.05) is 27.6 Å². The van der Waals surface area contributed by atoms with E-state index in [-0.39, 0.29) is 11.9 Å². The second-order valence-corrected chi connectivity index (χ2v) is 6.62. The van der Waals surface area contributed by atoms with Crippen molar-refractivity contribution in [2.24, 2.45) is 5.92 Å². The number of carbonyl (C=O) groups is 1. The standard InChI is InChI=1S/C18H20N6O2/c25-17-8-13(10-23-5-3-19-11-23)7-16(17)22-18(26)15-2-1-14(9-21-15)24-6-4-20-12-24/h1-6,9,11-13,16-17,25H,7-8,10H2,(H,22,26)/t13?,16-,17-/m1/s1. The molecule has 1 unspecified atom stereocenters. The van der Waals surface area contributed by atoms with Crippen LogP contribution in [0.3, 0.4) is 0 Å². The van der Waals surface area contributed by atoms with E-state index in [1.165, 1.54) is 0 Å². The Morgan fingerprint density at radius 1 is 1.19 bits per heavy atom. The van der Waals surface area contributed by atoms with Gasteiger partial charge >= 0.3 is 0 Å². The number of pyridine rings is 1. The highest BCUT2D eigenvalue weighted by Gasteiger charge is 2.34. The highest BCUT2D eigenvalue weighted by Crippen LogP contribution is 2.27. The number of aliphatic hydroxyl groups is 1. The van der Waals surface area contributed by atoms with Crippen LogP contribution in [0.4, 0.5) is 0 Å². The van der Waals surface area contributed by atoms with E-state index in [4.69, 9.17) is 0 Å². The molecule has 0 saturated heterocycles. The minimum Gasteiger partial charge on any atom is -0.391 e. The molecule has 4 rings (SSSR count). The van der Waals surface area contributed by atoms with Gasteiger partial charge in [0.2, 0.25) is 0 Å². The zero-order valence-electron chi connectivity index (χ0n) is 14.1. The first-order valence-corrected chi connectivity index (χ1v) is 8.58. The minimum absolute atomic E-state index is 0.258. The van der Waals surface area contributed by atoms with Gasteiger partial charge in [-0.1, -0.05) is 0 Å². The van der Waals surface area contributed by atoms with Gasteiger partial charge < -0.3 is 19.6 Å². The molecule has 3 atom stereocenters. The van der Waals surface area contributed by atoms with Crippen molar-refractivity contribution >= 4 is 5.91 Å². The lowest BCUT2D eigenvalue weighted by molar-refractivity contribution is 0.0868. The van der Waals surface area contributed by atoms with Crippen LogP contribution in [0.1, 0.15) is 23.3 Å². The Morgan fingerprint density at radius 2 is 2.04 bits per heavy atom. The number of hydrogen-bond acceptors (Lipinski definition) is 5. The van der Waals surface area contributed by atoms with Crippen molar-refractivity contribution in [3.05, 3.63) is 61.5 Å². The van der Waals surface area contributed by atoms with E-state index in [2.05, 4.69) is 20.3 Å². The molecule has 0 radical (unpaired) electrons. The molecular weight excluding hydrogens is 332 g/mol. The van der Waals surface area contributed by atoms with Crippen LogP contribution in [0.15, 0.2) is 55.8 Å². The number of carbonyl (C=O) groups excluding carboxylic acids is 1. The van der Waals surface area contributed by atoms with Crippen molar-refractivity contribution in [1.29, 1.82) is 0 Å². The highest BCUT2D eigenvalue weighted by molar-refractivity contribution is 5.92. The van der Waals surface area contributed by atoms with Crippen molar-refractivity contribution in [1.82, 2.24) is 29.4 Å². The Hall–Kier alpha value is -3.00. The lowest BCUT2D eigenvalue weighted by atomic mass is 10.1. The van der Waals surface area contributed by atoms with Gasteiger partial charge in [-0.25, -0.2) is 15.0 Å². The largest absolute Gasteiger partial charge is 0.391 e. The zero-order valence-corrected chi connectivity index (χ0v) is 14.1. The lowest BCUT2D eigenvalue weighted by Crippen LogP contribution is -2.40. The molecule has 0 aromatic carbocycles. The van der Waals surface area contributed by atoms with E-state index < -0.39 is 6.10 Å². The molecule has 3 aromatic heterocycles. The molecular formula is C18H20N6O2. The molecule has 1 saturated carbocycles. The first kappa shape index (κ1) is 16.5. The zero-order chi connectivity index (χ0) is 17.9. The molecule has 134 valence electrons.